The number of carbonyl (C=O) groups is 2. The van der Waals surface area contributed by atoms with Crippen LogP contribution in [-0.4, -0.2) is 61.6 Å². The van der Waals surface area contributed by atoms with E-state index in [-0.39, 0.29) is 18.8 Å². The molecular formula is C23H41NO6. The molecule has 0 saturated carbocycles. The minimum Gasteiger partial charge on any atom is -0.459 e. The number of esters is 1. The van der Waals surface area contributed by atoms with Crippen molar-refractivity contribution in [2.45, 2.75) is 91.0 Å². The average Bonchev–Trinajstić information content (AvgIpc) is 2.67. The van der Waals surface area contributed by atoms with E-state index in [1.165, 1.54) is 4.90 Å². The Morgan fingerprint density at radius 2 is 2.00 bits per heavy atom. The van der Waals surface area contributed by atoms with Crippen molar-refractivity contribution >= 4 is 12.1 Å². The first-order valence-corrected chi connectivity index (χ1v) is 11.1. The van der Waals surface area contributed by atoms with E-state index in [0.29, 0.717) is 31.2 Å². The number of amides is 1. The molecule has 1 amide bonds. The van der Waals surface area contributed by atoms with Gasteiger partial charge in [-0.25, -0.2) is 4.79 Å². The maximum absolute atomic E-state index is 12.8. The fourth-order valence-electron chi connectivity index (χ4n) is 3.35. The molecule has 1 saturated heterocycles. The van der Waals surface area contributed by atoms with Crippen molar-refractivity contribution in [1.82, 2.24) is 4.90 Å². The van der Waals surface area contributed by atoms with Crippen LogP contribution in [0.3, 0.4) is 0 Å². The number of rotatable bonds is 11. The highest BCUT2D eigenvalue weighted by Gasteiger charge is 2.30. The van der Waals surface area contributed by atoms with Crippen LogP contribution in [-0.2, 0) is 23.7 Å². The number of ether oxygens (including phenoxy) is 4. The predicted octanol–water partition coefficient (Wildman–Crippen LogP) is 4.69. The Kier molecular flexibility index (Phi) is 11.4. The lowest BCUT2D eigenvalue weighted by Gasteiger charge is -2.31. The van der Waals surface area contributed by atoms with Crippen molar-refractivity contribution in [3.05, 3.63) is 12.3 Å². The van der Waals surface area contributed by atoms with Gasteiger partial charge in [0, 0.05) is 25.8 Å². The second-order valence-electron chi connectivity index (χ2n) is 9.06. The molecule has 1 aliphatic heterocycles. The molecule has 0 aromatic rings. The van der Waals surface area contributed by atoms with E-state index >= 15 is 0 Å². The molecule has 0 bridgehead atoms. The fraction of sp³-hybridized carbons (Fsp3) is 0.826. The van der Waals surface area contributed by atoms with Gasteiger partial charge in [0.1, 0.15) is 18.2 Å². The zero-order valence-electron chi connectivity index (χ0n) is 19.7. The first kappa shape index (κ1) is 26.4. The summed E-state index contributed by atoms with van der Waals surface area (Å²) in [5.41, 5.74) is -0.206. The van der Waals surface area contributed by atoms with Gasteiger partial charge in [-0.3, -0.25) is 9.69 Å². The van der Waals surface area contributed by atoms with Crippen LogP contribution in [0.2, 0.25) is 0 Å². The van der Waals surface area contributed by atoms with Crippen molar-refractivity contribution in [2.75, 3.05) is 26.9 Å². The van der Waals surface area contributed by atoms with Crippen LogP contribution in [0.15, 0.2) is 12.3 Å². The van der Waals surface area contributed by atoms with Gasteiger partial charge in [-0.15, -0.1) is 0 Å². The average molecular weight is 428 g/mol. The molecule has 3 atom stereocenters. The molecule has 1 aliphatic rings. The van der Waals surface area contributed by atoms with E-state index in [4.69, 9.17) is 18.9 Å². The fourth-order valence-corrected chi connectivity index (χ4v) is 3.35. The molecule has 1 heterocycles. The number of hydrogen-bond acceptors (Lipinski definition) is 6. The van der Waals surface area contributed by atoms with Crippen LogP contribution in [0.1, 0.15) is 73.1 Å². The highest BCUT2D eigenvalue weighted by molar-refractivity contribution is 5.79. The molecule has 7 heteroatoms. The van der Waals surface area contributed by atoms with Crippen LogP contribution < -0.4 is 0 Å². The van der Waals surface area contributed by atoms with E-state index in [1.807, 2.05) is 0 Å². The highest BCUT2D eigenvalue weighted by Crippen LogP contribution is 2.24. The highest BCUT2D eigenvalue weighted by atomic mass is 16.6. The summed E-state index contributed by atoms with van der Waals surface area (Å²) in [7, 11) is 1.66. The van der Waals surface area contributed by atoms with Crippen LogP contribution >= 0.6 is 0 Å². The number of methoxy groups -OCH3 is 1. The molecule has 0 aliphatic carbocycles. The van der Waals surface area contributed by atoms with Gasteiger partial charge in [0.2, 0.25) is 0 Å². The van der Waals surface area contributed by atoms with Crippen LogP contribution in [0.5, 0.6) is 0 Å². The van der Waals surface area contributed by atoms with Gasteiger partial charge < -0.3 is 18.9 Å². The maximum Gasteiger partial charge on any atom is 0.415 e. The van der Waals surface area contributed by atoms with E-state index in [9.17, 15) is 9.59 Å². The van der Waals surface area contributed by atoms with E-state index < -0.39 is 17.7 Å². The number of unbranched alkanes of at least 4 members (excludes halogenated alkanes) is 1. The van der Waals surface area contributed by atoms with E-state index in [0.717, 1.165) is 32.1 Å². The Labute approximate surface area is 182 Å². The van der Waals surface area contributed by atoms with Crippen LogP contribution in [0, 0.1) is 5.92 Å². The normalized spacial score (nSPS) is 18.9. The second-order valence-corrected chi connectivity index (χ2v) is 9.06. The largest absolute Gasteiger partial charge is 0.459 e. The lowest BCUT2D eigenvalue weighted by molar-refractivity contribution is -0.156. The summed E-state index contributed by atoms with van der Waals surface area (Å²) in [6.07, 6.45) is 4.31. The SMILES string of the molecule is C=C(C[C@H](OC)[C@@H](C)CCCC)N(CC(=O)O[C@@H]1CCCOC1)C(=O)OC(C)(C)C. The molecule has 30 heavy (non-hydrogen) atoms. The maximum atomic E-state index is 12.8. The third kappa shape index (κ3) is 9.94. The summed E-state index contributed by atoms with van der Waals surface area (Å²) >= 11 is 0. The molecule has 0 unspecified atom stereocenters. The van der Waals surface area contributed by atoms with Gasteiger partial charge in [0.05, 0.1) is 12.7 Å². The van der Waals surface area contributed by atoms with Crippen LogP contribution in [0.4, 0.5) is 4.79 Å². The molecule has 0 radical (unpaired) electrons. The van der Waals surface area contributed by atoms with Crippen LogP contribution in [0.25, 0.3) is 0 Å². The van der Waals surface area contributed by atoms with Gasteiger partial charge in [-0.05, 0) is 46.0 Å². The molecule has 1 rings (SSSR count). The Morgan fingerprint density at radius 3 is 2.53 bits per heavy atom. The van der Waals surface area contributed by atoms with Crippen molar-refractivity contribution in [2.24, 2.45) is 5.92 Å². The van der Waals surface area contributed by atoms with E-state index in [2.05, 4.69) is 20.4 Å². The summed E-state index contributed by atoms with van der Waals surface area (Å²) in [6, 6.07) is 0. The van der Waals surface area contributed by atoms with Crippen molar-refractivity contribution in [1.29, 1.82) is 0 Å². The number of nitrogens with zero attached hydrogens (tertiary/aromatic N) is 1. The first-order chi connectivity index (χ1) is 14.1. The Morgan fingerprint density at radius 1 is 1.30 bits per heavy atom. The summed E-state index contributed by atoms with van der Waals surface area (Å²) in [6.45, 7) is 14.5. The Bertz CT molecular complexity index is 550. The predicted molar refractivity (Wildman–Crippen MR) is 116 cm³/mol. The number of carbonyl (C=O) groups excluding carboxylic acids is 2. The molecular weight excluding hydrogens is 386 g/mol. The molecule has 1 fully saturated rings. The third-order valence-corrected chi connectivity index (χ3v) is 5.09. The minimum absolute atomic E-state index is 0.100. The summed E-state index contributed by atoms with van der Waals surface area (Å²) < 4.78 is 22.0. The van der Waals surface area contributed by atoms with Gasteiger partial charge in [-0.2, -0.15) is 0 Å². The molecule has 0 aromatic carbocycles. The quantitative estimate of drug-likeness (QED) is 0.445. The van der Waals surface area contributed by atoms with Crippen molar-refractivity contribution < 1.29 is 28.5 Å². The van der Waals surface area contributed by atoms with Crippen molar-refractivity contribution in [3.63, 3.8) is 0 Å². The Hall–Kier alpha value is -1.60. The zero-order chi connectivity index (χ0) is 22.7. The standard InChI is InChI=1S/C23H41NO6/c1-8-9-11-17(2)20(27-7)14-18(3)24(22(26)30-23(4,5)6)15-21(25)29-19-12-10-13-28-16-19/h17,19-20H,3,8-16H2,1-2,4-7H3/t17-,19+,20-/m0/s1. The lowest BCUT2D eigenvalue weighted by Crippen LogP contribution is -2.42. The molecule has 0 aromatic heterocycles. The summed E-state index contributed by atoms with van der Waals surface area (Å²) in [4.78, 5) is 26.6. The van der Waals surface area contributed by atoms with Gasteiger partial charge in [0.15, 0.2) is 0 Å². The molecule has 0 spiro atoms. The smallest absolute Gasteiger partial charge is 0.415 e. The minimum atomic E-state index is -0.689. The molecule has 0 N–H and O–H groups in total. The van der Waals surface area contributed by atoms with Gasteiger partial charge in [-0.1, -0.05) is 33.3 Å². The second kappa shape index (κ2) is 13.0. The summed E-state index contributed by atoms with van der Waals surface area (Å²) in [5.74, 6) is -0.191. The topological polar surface area (TPSA) is 74.3 Å². The Balaban J connectivity index is 2.83. The lowest BCUT2D eigenvalue weighted by atomic mass is 9.94. The van der Waals surface area contributed by atoms with Gasteiger partial charge in [0.25, 0.3) is 0 Å². The van der Waals surface area contributed by atoms with Gasteiger partial charge >= 0.3 is 12.1 Å². The first-order valence-electron chi connectivity index (χ1n) is 11.1. The number of hydrogen-bond donors (Lipinski definition) is 0. The third-order valence-electron chi connectivity index (χ3n) is 5.09. The zero-order valence-corrected chi connectivity index (χ0v) is 19.7. The van der Waals surface area contributed by atoms with E-state index in [1.54, 1.807) is 27.9 Å². The summed E-state index contributed by atoms with van der Waals surface area (Å²) in [5, 5.41) is 0. The molecule has 7 nitrogen and oxygen atoms in total. The van der Waals surface area contributed by atoms with Crippen molar-refractivity contribution in [3.8, 4) is 0 Å². The molecule has 174 valence electrons. The monoisotopic (exact) mass is 427 g/mol.